The maximum atomic E-state index is 15.7. The second-order valence-electron chi connectivity index (χ2n) is 10.6. The van der Waals surface area contributed by atoms with Gasteiger partial charge >= 0.3 is 0 Å². The first-order chi connectivity index (χ1) is 17.0. The van der Waals surface area contributed by atoms with Gasteiger partial charge in [0.25, 0.3) is 5.91 Å². The SMILES string of the molecule is O=C1c2cc(CN3CCC(F)(c4ccccc4)CC3)c3ccccc3c2CN1[C@@H]1CCCC[C@H]1O. The maximum Gasteiger partial charge on any atom is 0.254 e. The summed E-state index contributed by atoms with van der Waals surface area (Å²) in [6, 6.07) is 19.9. The zero-order chi connectivity index (χ0) is 24.0. The Morgan fingerprint density at radius 2 is 1.63 bits per heavy atom. The first-order valence-corrected chi connectivity index (χ1v) is 13.0. The Hall–Kier alpha value is -2.76. The van der Waals surface area contributed by atoms with Crippen molar-refractivity contribution in [2.24, 2.45) is 0 Å². The molecule has 0 bridgehead atoms. The van der Waals surface area contributed by atoms with Gasteiger partial charge in [0.05, 0.1) is 12.1 Å². The van der Waals surface area contributed by atoms with Crippen LogP contribution in [0.3, 0.4) is 0 Å². The van der Waals surface area contributed by atoms with Gasteiger partial charge < -0.3 is 10.0 Å². The van der Waals surface area contributed by atoms with Gasteiger partial charge in [-0.1, -0.05) is 67.4 Å². The molecule has 6 rings (SSSR count). The number of rotatable bonds is 4. The number of carbonyl (C=O) groups is 1. The van der Waals surface area contributed by atoms with Crippen molar-refractivity contribution in [2.45, 2.75) is 69.4 Å². The molecule has 2 fully saturated rings. The lowest BCUT2D eigenvalue weighted by atomic mass is 9.86. The zero-order valence-corrected chi connectivity index (χ0v) is 20.1. The van der Waals surface area contributed by atoms with Gasteiger partial charge in [-0.3, -0.25) is 9.69 Å². The number of fused-ring (bicyclic) bond motifs is 3. The summed E-state index contributed by atoms with van der Waals surface area (Å²) in [5, 5.41) is 12.9. The number of carbonyl (C=O) groups excluding carboxylic acids is 1. The molecule has 1 aliphatic carbocycles. The molecule has 0 unspecified atom stereocenters. The van der Waals surface area contributed by atoms with Crippen molar-refractivity contribution < 1.29 is 14.3 Å². The van der Waals surface area contributed by atoms with E-state index in [2.05, 4.69) is 29.2 Å². The van der Waals surface area contributed by atoms with E-state index >= 15 is 4.39 Å². The Bertz CT molecular complexity index is 1240. The molecular weight excluding hydrogens is 439 g/mol. The van der Waals surface area contributed by atoms with E-state index in [9.17, 15) is 9.90 Å². The summed E-state index contributed by atoms with van der Waals surface area (Å²) in [5.74, 6) is 0.0449. The lowest BCUT2D eigenvalue weighted by molar-refractivity contribution is 0.0192. The summed E-state index contributed by atoms with van der Waals surface area (Å²) in [6.45, 7) is 2.65. The standard InChI is InChI=1S/C30H33FN2O2/c31-30(22-8-2-1-3-9-22)14-16-32(17-15-30)19-21-18-25-26(24-11-5-4-10-23(21)24)20-33(29(25)35)27-12-6-7-13-28(27)34/h1-5,8-11,18,27-28,34H,6-7,12-17,19-20H2/t27-,28-/m1/s1. The molecule has 4 nitrogen and oxygen atoms in total. The average Bonchev–Trinajstić information content (AvgIpc) is 3.22. The molecule has 2 heterocycles. The molecule has 0 radical (unpaired) electrons. The highest BCUT2D eigenvalue weighted by atomic mass is 19.1. The third-order valence-corrected chi connectivity index (χ3v) is 8.49. The Balaban J connectivity index is 1.26. The van der Waals surface area contributed by atoms with Crippen LogP contribution in [0.4, 0.5) is 4.39 Å². The van der Waals surface area contributed by atoms with E-state index in [0.717, 1.165) is 53.3 Å². The van der Waals surface area contributed by atoms with Crippen molar-refractivity contribution >= 4 is 16.7 Å². The summed E-state index contributed by atoms with van der Waals surface area (Å²) < 4.78 is 15.7. The molecule has 1 N–H and O–H groups in total. The third kappa shape index (κ3) is 4.05. The number of aliphatic hydroxyl groups excluding tert-OH is 1. The van der Waals surface area contributed by atoms with Crippen LogP contribution in [0.5, 0.6) is 0 Å². The average molecular weight is 473 g/mol. The molecule has 1 saturated carbocycles. The predicted molar refractivity (Wildman–Crippen MR) is 136 cm³/mol. The van der Waals surface area contributed by atoms with Crippen LogP contribution in [0.2, 0.25) is 0 Å². The van der Waals surface area contributed by atoms with Gasteiger partial charge in [0.2, 0.25) is 0 Å². The normalized spacial score (nSPS) is 24.6. The van der Waals surface area contributed by atoms with Gasteiger partial charge in [-0.25, -0.2) is 4.39 Å². The molecule has 1 saturated heterocycles. The Morgan fingerprint density at radius 3 is 2.37 bits per heavy atom. The fourth-order valence-electron chi connectivity index (χ4n) is 6.45. The number of benzene rings is 3. The molecule has 182 valence electrons. The molecule has 2 atom stereocenters. The van der Waals surface area contributed by atoms with Crippen molar-refractivity contribution in [3.8, 4) is 0 Å². The molecule has 3 aromatic rings. The summed E-state index contributed by atoms with van der Waals surface area (Å²) in [6.07, 6.45) is 4.24. The summed E-state index contributed by atoms with van der Waals surface area (Å²) in [7, 11) is 0. The van der Waals surface area contributed by atoms with Crippen LogP contribution in [-0.4, -0.2) is 46.0 Å². The number of alkyl halides is 1. The van der Waals surface area contributed by atoms with Crippen molar-refractivity contribution in [1.82, 2.24) is 9.80 Å². The van der Waals surface area contributed by atoms with Crippen molar-refractivity contribution in [3.63, 3.8) is 0 Å². The first kappa shape index (κ1) is 22.7. The molecule has 35 heavy (non-hydrogen) atoms. The maximum absolute atomic E-state index is 15.7. The summed E-state index contributed by atoms with van der Waals surface area (Å²) in [4.78, 5) is 17.7. The molecule has 3 aromatic carbocycles. The number of hydrogen-bond donors (Lipinski definition) is 1. The Morgan fingerprint density at radius 1 is 0.943 bits per heavy atom. The quantitative estimate of drug-likeness (QED) is 0.541. The van der Waals surface area contributed by atoms with Crippen molar-refractivity contribution in [3.05, 3.63) is 82.9 Å². The molecule has 1 amide bonds. The van der Waals surface area contributed by atoms with Crippen LogP contribution < -0.4 is 0 Å². The molecular formula is C30H33FN2O2. The van der Waals surface area contributed by atoms with E-state index in [0.29, 0.717) is 39.0 Å². The Labute approximate surface area is 206 Å². The van der Waals surface area contributed by atoms with Crippen LogP contribution in [0.1, 0.15) is 65.6 Å². The fourth-order valence-corrected chi connectivity index (χ4v) is 6.45. The summed E-state index contributed by atoms with van der Waals surface area (Å²) >= 11 is 0. The Kier molecular flexibility index (Phi) is 5.85. The molecule has 0 spiro atoms. The van der Waals surface area contributed by atoms with E-state index < -0.39 is 11.8 Å². The molecule has 2 aliphatic heterocycles. The highest BCUT2D eigenvalue weighted by molar-refractivity contribution is 6.05. The molecule has 5 heteroatoms. The third-order valence-electron chi connectivity index (χ3n) is 8.49. The number of halogens is 1. The highest BCUT2D eigenvalue weighted by Gasteiger charge is 2.39. The minimum Gasteiger partial charge on any atom is -0.391 e. The second kappa shape index (κ2) is 9.03. The van der Waals surface area contributed by atoms with Crippen LogP contribution in [-0.2, 0) is 18.8 Å². The second-order valence-corrected chi connectivity index (χ2v) is 10.6. The number of hydrogen-bond acceptors (Lipinski definition) is 3. The highest BCUT2D eigenvalue weighted by Crippen LogP contribution is 2.39. The zero-order valence-electron chi connectivity index (χ0n) is 20.1. The summed E-state index contributed by atoms with van der Waals surface area (Å²) in [5.41, 5.74) is 2.49. The lowest BCUT2D eigenvalue weighted by Crippen LogP contribution is -2.45. The largest absolute Gasteiger partial charge is 0.391 e. The lowest BCUT2D eigenvalue weighted by Gasteiger charge is -2.37. The van der Waals surface area contributed by atoms with Gasteiger partial charge in [-0.2, -0.15) is 0 Å². The van der Waals surface area contributed by atoms with Gasteiger partial charge in [0, 0.05) is 31.7 Å². The van der Waals surface area contributed by atoms with Gasteiger partial charge in [-0.15, -0.1) is 0 Å². The van der Waals surface area contributed by atoms with E-state index in [-0.39, 0.29) is 11.9 Å². The van der Waals surface area contributed by atoms with E-state index in [1.807, 2.05) is 41.3 Å². The smallest absolute Gasteiger partial charge is 0.254 e. The van der Waals surface area contributed by atoms with Crippen molar-refractivity contribution in [1.29, 1.82) is 0 Å². The van der Waals surface area contributed by atoms with Gasteiger partial charge in [-0.05, 0) is 59.2 Å². The number of aliphatic hydroxyl groups is 1. The topological polar surface area (TPSA) is 43.8 Å². The van der Waals surface area contributed by atoms with E-state index in [4.69, 9.17) is 0 Å². The number of piperidine rings is 1. The van der Waals surface area contributed by atoms with E-state index in [1.165, 1.54) is 5.39 Å². The molecule has 0 aromatic heterocycles. The van der Waals surface area contributed by atoms with Crippen LogP contribution in [0.15, 0.2) is 60.7 Å². The van der Waals surface area contributed by atoms with Crippen molar-refractivity contribution in [2.75, 3.05) is 13.1 Å². The molecule has 3 aliphatic rings. The van der Waals surface area contributed by atoms with Crippen LogP contribution >= 0.6 is 0 Å². The van der Waals surface area contributed by atoms with Gasteiger partial charge in [0.1, 0.15) is 5.67 Å². The first-order valence-electron chi connectivity index (χ1n) is 13.0. The van der Waals surface area contributed by atoms with Gasteiger partial charge in [0.15, 0.2) is 0 Å². The van der Waals surface area contributed by atoms with Crippen LogP contribution in [0, 0.1) is 0 Å². The number of nitrogens with zero attached hydrogens (tertiary/aromatic N) is 2. The van der Waals surface area contributed by atoms with E-state index in [1.54, 1.807) is 0 Å². The minimum absolute atomic E-state index is 0.0449. The van der Waals surface area contributed by atoms with Crippen LogP contribution in [0.25, 0.3) is 10.8 Å². The monoisotopic (exact) mass is 472 g/mol. The minimum atomic E-state index is -1.27. The number of amides is 1. The fraction of sp³-hybridized carbons (Fsp3) is 0.433. The number of likely N-dealkylation sites (tertiary alicyclic amines) is 1. The predicted octanol–water partition coefficient (Wildman–Crippen LogP) is 5.56.